The van der Waals surface area contributed by atoms with E-state index in [1.807, 2.05) is 0 Å². The second-order valence-electron chi connectivity index (χ2n) is 9.70. The fraction of sp³-hybridized carbons (Fsp3) is 0.850. The zero-order chi connectivity index (χ0) is 17.1. The Labute approximate surface area is 143 Å². The van der Waals surface area contributed by atoms with E-state index in [9.17, 15) is 15.0 Å². The Hall–Kier alpha value is -0.870. The summed E-state index contributed by atoms with van der Waals surface area (Å²) in [6, 6.07) is 0. The molecule has 4 aliphatic carbocycles. The van der Waals surface area contributed by atoms with Crippen molar-refractivity contribution in [3.8, 4) is 0 Å². The number of carbonyl (C=O) groups excluding carboxylic acids is 1. The highest BCUT2D eigenvalue weighted by Gasteiger charge is 2.71. The average Bonchev–Trinajstić information content (AvgIpc) is 3.11. The van der Waals surface area contributed by atoms with Crippen LogP contribution in [0.1, 0.15) is 59.3 Å². The monoisotopic (exact) mass is 332 g/mol. The zero-order valence-electron chi connectivity index (χ0n) is 14.8. The number of rotatable bonds is 0. The fourth-order valence-corrected chi connectivity index (χ4v) is 7.42. The van der Waals surface area contributed by atoms with Crippen LogP contribution in [0.4, 0.5) is 0 Å². The molecule has 0 amide bonds. The molecule has 3 unspecified atom stereocenters. The van der Waals surface area contributed by atoms with Crippen LogP contribution in [0.5, 0.6) is 0 Å². The van der Waals surface area contributed by atoms with Crippen molar-refractivity contribution < 1.29 is 19.7 Å². The molecule has 4 heteroatoms. The highest BCUT2D eigenvalue weighted by Crippen LogP contribution is 2.74. The molecule has 0 bridgehead atoms. The molecule has 0 aromatic heterocycles. The molecular formula is C20H28O4. The van der Waals surface area contributed by atoms with E-state index in [0.29, 0.717) is 35.3 Å². The van der Waals surface area contributed by atoms with Crippen molar-refractivity contribution in [1.82, 2.24) is 0 Å². The zero-order valence-corrected chi connectivity index (χ0v) is 14.8. The second kappa shape index (κ2) is 4.27. The second-order valence-corrected chi connectivity index (χ2v) is 9.70. The Morgan fingerprint density at radius 1 is 1.12 bits per heavy atom. The van der Waals surface area contributed by atoms with Gasteiger partial charge in [0.25, 0.3) is 0 Å². The summed E-state index contributed by atoms with van der Waals surface area (Å²) in [5.41, 5.74) is 0.503. The standard InChI is InChI=1S/C20H28O4/c1-10-15-12(24-17(10)22)8-14-18(2)6-4-11-9-19(11,3)13(18)5-7-20(14,23)16(15)21/h11-14,16,21,23H,4-9H2,1-3H3/t11-,12?,13?,14?,16+,18-,19-,20-/m1/s1. The van der Waals surface area contributed by atoms with E-state index in [2.05, 4.69) is 13.8 Å². The summed E-state index contributed by atoms with van der Waals surface area (Å²) < 4.78 is 5.54. The molecular weight excluding hydrogens is 304 g/mol. The van der Waals surface area contributed by atoms with Gasteiger partial charge in [-0.15, -0.1) is 0 Å². The first kappa shape index (κ1) is 15.4. The molecule has 132 valence electrons. The maximum absolute atomic E-state index is 12.0. The van der Waals surface area contributed by atoms with Gasteiger partial charge in [0.1, 0.15) is 12.2 Å². The van der Waals surface area contributed by atoms with Gasteiger partial charge in [-0.25, -0.2) is 4.79 Å². The van der Waals surface area contributed by atoms with Crippen molar-refractivity contribution in [3.63, 3.8) is 0 Å². The molecule has 1 heterocycles. The largest absolute Gasteiger partial charge is 0.454 e. The predicted molar refractivity (Wildman–Crippen MR) is 87.9 cm³/mol. The van der Waals surface area contributed by atoms with Crippen LogP contribution in [-0.4, -0.2) is 34.0 Å². The number of ether oxygens (including phenoxy) is 1. The third-order valence-electron chi connectivity index (χ3n) is 8.87. The van der Waals surface area contributed by atoms with Gasteiger partial charge in [0.05, 0.1) is 5.60 Å². The molecule has 0 aromatic rings. The minimum atomic E-state index is -1.11. The number of hydrogen-bond donors (Lipinski definition) is 2. The number of aliphatic hydroxyl groups is 2. The summed E-state index contributed by atoms with van der Waals surface area (Å²) in [5.74, 6) is 1.16. The van der Waals surface area contributed by atoms with Gasteiger partial charge in [0, 0.05) is 17.1 Å². The van der Waals surface area contributed by atoms with Gasteiger partial charge in [0.2, 0.25) is 0 Å². The molecule has 0 spiro atoms. The van der Waals surface area contributed by atoms with Crippen molar-refractivity contribution in [2.24, 2.45) is 28.6 Å². The fourth-order valence-electron chi connectivity index (χ4n) is 7.42. The molecule has 4 nitrogen and oxygen atoms in total. The van der Waals surface area contributed by atoms with Crippen molar-refractivity contribution in [3.05, 3.63) is 11.1 Å². The average molecular weight is 332 g/mol. The van der Waals surface area contributed by atoms with Gasteiger partial charge in [-0.2, -0.15) is 0 Å². The van der Waals surface area contributed by atoms with Crippen molar-refractivity contribution in [2.45, 2.75) is 77.1 Å². The molecule has 2 N–H and O–H groups in total. The van der Waals surface area contributed by atoms with Gasteiger partial charge in [0.15, 0.2) is 0 Å². The molecule has 0 aromatic carbocycles. The molecule has 0 radical (unpaired) electrons. The maximum Gasteiger partial charge on any atom is 0.334 e. The summed E-state index contributed by atoms with van der Waals surface area (Å²) in [5, 5.41) is 22.6. The summed E-state index contributed by atoms with van der Waals surface area (Å²) in [4.78, 5) is 12.0. The van der Waals surface area contributed by atoms with E-state index in [4.69, 9.17) is 4.74 Å². The maximum atomic E-state index is 12.0. The molecule has 5 aliphatic rings. The van der Waals surface area contributed by atoms with Crippen LogP contribution in [0.25, 0.3) is 0 Å². The highest BCUT2D eigenvalue weighted by atomic mass is 16.5. The first-order valence-electron chi connectivity index (χ1n) is 9.54. The van der Waals surface area contributed by atoms with Crippen LogP contribution in [0.15, 0.2) is 11.1 Å². The Balaban J connectivity index is 1.58. The number of fused-ring (bicyclic) bond motifs is 6. The first-order chi connectivity index (χ1) is 11.2. The summed E-state index contributed by atoms with van der Waals surface area (Å²) in [6.45, 7) is 6.47. The Bertz CT molecular complexity index is 669. The van der Waals surface area contributed by atoms with Crippen LogP contribution >= 0.6 is 0 Å². The Morgan fingerprint density at radius 2 is 1.88 bits per heavy atom. The Kier molecular flexibility index (Phi) is 2.74. The van der Waals surface area contributed by atoms with Gasteiger partial charge < -0.3 is 14.9 Å². The summed E-state index contributed by atoms with van der Waals surface area (Å²) in [6.07, 6.45) is 4.67. The lowest BCUT2D eigenvalue weighted by atomic mass is 9.45. The molecule has 5 rings (SSSR count). The quantitative estimate of drug-likeness (QED) is 0.669. The number of hydrogen-bond acceptors (Lipinski definition) is 4. The van der Waals surface area contributed by atoms with E-state index in [0.717, 1.165) is 18.8 Å². The lowest BCUT2D eigenvalue weighted by molar-refractivity contribution is -0.219. The van der Waals surface area contributed by atoms with E-state index in [-0.39, 0.29) is 23.4 Å². The minimum Gasteiger partial charge on any atom is -0.454 e. The Morgan fingerprint density at radius 3 is 2.62 bits per heavy atom. The van der Waals surface area contributed by atoms with Crippen molar-refractivity contribution >= 4 is 5.97 Å². The third-order valence-corrected chi connectivity index (χ3v) is 8.87. The minimum absolute atomic E-state index is 0.00424. The van der Waals surface area contributed by atoms with E-state index < -0.39 is 11.7 Å². The molecule has 1 aliphatic heterocycles. The topological polar surface area (TPSA) is 66.8 Å². The number of esters is 1. The molecule has 4 fully saturated rings. The van der Waals surface area contributed by atoms with Gasteiger partial charge in [-0.05, 0) is 68.1 Å². The van der Waals surface area contributed by atoms with Crippen LogP contribution in [0.3, 0.4) is 0 Å². The smallest absolute Gasteiger partial charge is 0.334 e. The SMILES string of the molecule is CC1=C2C(CC3[C@]4(C)CC[C@@H]5C[C@@]5(C)C4CC[C@]3(O)[C@H]2O)OC1=O. The highest BCUT2D eigenvalue weighted by molar-refractivity contribution is 5.92. The van der Waals surface area contributed by atoms with Crippen LogP contribution < -0.4 is 0 Å². The van der Waals surface area contributed by atoms with Gasteiger partial charge in [-0.3, -0.25) is 0 Å². The van der Waals surface area contributed by atoms with E-state index >= 15 is 0 Å². The van der Waals surface area contributed by atoms with Gasteiger partial charge >= 0.3 is 5.97 Å². The lowest BCUT2D eigenvalue weighted by Crippen LogP contribution is -2.65. The lowest BCUT2D eigenvalue weighted by Gasteiger charge is -2.62. The third kappa shape index (κ3) is 1.56. The van der Waals surface area contributed by atoms with Crippen molar-refractivity contribution in [1.29, 1.82) is 0 Å². The number of aliphatic hydroxyl groups excluding tert-OH is 1. The van der Waals surface area contributed by atoms with Gasteiger partial charge in [-0.1, -0.05) is 13.8 Å². The summed E-state index contributed by atoms with van der Waals surface area (Å²) in [7, 11) is 0. The van der Waals surface area contributed by atoms with Crippen LogP contribution in [-0.2, 0) is 9.53 Å². The molecule has 24 heavy (non-hydrogen) atoms. The predicted octanol–water partition coefficient (Wildman–Crippen LogP) is 2.58. The van der Waals surface area contributed by atoms with Crippen molar-refractivity contribution in [2.75, 3.05) is 0 Å². The molecule has 8 atom stereocenters. The van der Waals surface area contributed by atoms with Crippen LogP contribution in [0, 0.1) is 28.6 Å². The molecule has 0 saturated heterocycles. The van der Waals surface area contributed by atoms with E-state index in [1.54, 1.807) is 6.92 Å². The molecule has 4 saturated carbocycles. The van der Waals surface area contributed by atoms with Crippen LogP contribution in [0.2, 0.25) is 0 Å². The van der Waals surface area contributed by atoms with E-state index in [1.165, 1.54) is 12.8 Å². The summed E-state index contributed by atoms with van der Waals surface area (Å²) >= 11 is 0. The number of carbonyl (C=O) groups is 1. The first-order valence-corrected chi connectivity index (χ1v) is 9.54. The normalized spacial score (nSPS) is 58.4.